The van der Waals surface area contributed by atoms with Crippen LogP contribution in [0.1, 0.15) is 47.0 Å². The van der Waals surface area contributed by atoms with Gasteiger partial charge in [-0.05, 0) is 37.3 Å². The van der Waals surface area contributed by atoms with Crippen LogP contribution in [-0.4, -0.2) is 17.4 Å². The lowest BCUT2D eigenvalue weighted by molar-refractivity contribution is -0.118. The minimum absolute atomic E-state index is 0.129. The Balaban J connectivity index is 2.59. The molecule has 0 fully saturated rings. The molecule has 0 bridgehead atoms. The van der Waals surface area contributed by atoms with E-state index in [4.69, 9.17) is 5.73 Å². The van der Waals surface area contributed by atoms with E-state index < -0.39 is 0 Å². The Morgan fingerprint density at radius 3 is 2.53 bits per heavy atom. The molecule has 0 aliphatic rings. The van der Waals surface area contributed by atoms with Gasteiger partial charge in [0.05, 0.1) is 11.9 Å². The summed E-state index contributed by atoms with van der Waals surface area (Å²) in [6.45, 7) is 9.16. The van der Waals surface area contributed by atoms with Gasteiger partial charge in [0.15, 0.2) is 0 Å². The predicted octanol–water partition coefficient (Wildman–Crippen LogP) is 3.23. The van der Waals surface area contributed by atoms with Crippen LogP contribution < -0.4 is 10.6 Å². The lowest BCUT2D eigenvalue weighted by atomic mass is 9.90. The second-order valence-electron chi connectivity index (χ2n) is 6.00. The van der Waals surface area contributed by atoms with E-state index in [0.717, 1.165) is 12.8 Å². The molecule has 0 saturated carbocycles. The van der Waals surface area contributed by atoms with Crippen molar-refractivity contribution in [2.45, 2.75) is 47.0 Å². The van der Waals surface area contributed by atoms with Crippen LogP contribution in [0.15, 0.2) is 18.3 Å². The van der Waals surface area contributed by atoms with E-state index in [1.54, 1.807) is 23.2 Å². The number of nitrogens with zero attached hydrogens (tertiary/aromatic N) is 2. The molecule has 0 radical (unpaired) electrons. The molecule has 0 spiro atoms. The van der Waals surface area contributed by atoms with Gasteiger partial charge in [0.2, 0.25) is 5.91 Å². The average molecular weight is 263 g/mol. The first-order valence-electron chi connectivity index (χ1n) is 6.85. The Hall–Kier alpha value is -1.58. The Kier molecular flexibility index (Phi) is 5.33. The molecule has 0 saturated heterocycles. The van der Waals surface area contributed by atoms with Gasteiger partial charge < -0.3 is 5.73 Å². The summed E-state index contributed by atoms with van der Waals surface area (Å²) in [7, 11) is 0. The van der Waals surface area contributed by atoms with Crippen molar-refractivity contribution in [2.75, 3.05) is 17.2 Å². The van der Waals surface area contributed by atoms with Crippen LogP contribution in [0.25, 0.3) is 0 Å². The lowest BCUT2D eigenvalue weighted by Gasteiger charge is -2.22. The van der Waals surface area contributed by atoms with E-state index in [1.165, 1.54) is 0 Å². The van der Waals surface area contributed by atoms with Crippen molar-refractivity contribution < 1.29 is 4.79 Å². The Bertz CT molecular complexity index is 406. The number of anilines is 2. The smallest absolute Gasteiger partial charge is 0.228 e. The van der Waals surface area contributed by atoms with Crippen LogP contribution in [0.5, 0.6) is 0 Å². The van der Waals surface area contributed by atoms with Crippen LogP contribution in [0.4, 0.5) is 11.5 Å². The molecule has 1 aromatic heterocycles. The lowest BCUT2D eigenvalue weighted by Crippen LogP contribution is -2.31. The molecule has 4 heteroatoms. The third kappa shape index (κ3) is 5.28. The number of hydrogen-bond acceptors (Lipinski definition) is 3. The maximum Gasteiger partial charge on any atom is 0.228 e. The molecule has 1 rings (SSSR count). The highest BCUT2D eigenvalue weighted by molar-refractivity contribution is 5.92. The van der Waals surface area contributed by atoms with Crippen molar-refractivity contribution in [3.63, 3.8) is 0 Å². The molecule has 0 aliphatic heterocycles. The molecule has 0 aromatic carbocycles. The predicted molar refractivity (Wildman–Crippen MR) is 80.0 cm³/mol. The highest BCUT2D eigenvalue weighted by Crippen LogP contribution is 2.22. The van der Waals surface area contributed by atoms with Gasteiger partial charge in [0.25, 0.3) is 0 Å². The first kappa shape index (κ1) is 15.5. The van der Waals surface area contributed by atoms with Gasteiger partial charge in [-0.15, -0.1) is 0 Å². The maximum absolute atomic E-state index is 12.2. The number of nitrogens with two attached hydrogens (primary N) is 1. The van der Waals surface area contributed by atoms with Crippen LogP contribution in [-0.2, 0) is 4.79 Å². The van der Waals surface area contributed by atoms with E-state index >= 15 is 0 Å². The summed E-state index contributed by atoms with van der Waals surface area (Å²) in [4.78, 5) is 18.1. The molecule has 19 heavy (non-hydrogen) atoms. The number of amides is 1. The topological polar surface area (TPSA) is 59.2 Å². The fourth-order valence-corrected chi connectivity index (χ4v) is 1.93. The number of hydrogen-bond donors (Lipinski definition) is 1. The molecule has 1 heterocycles. The number of aromatic nitrogens is 1. The van der Waals surface area contributed by atoms with Crippen molar-refractivity contribution in [1.29, 1.82) is 0 Å². The maximum atomic E-state index is 12.2. The van der Waals surface area contributed by atoms with Gasteiger partial charge >= 0.3 is 0 Å². The molecule has 0 unspecified atom stereocenters. The molecule has 4 nitrogen and oxygen atoms in total. The molecular formula is C15H25N3O. The summed E-state index contributed by atoms with van der Waals surface area (Å²) in [6, 6.07) is 3.56. The molecule has 106 valence electrons. The van der Waals surface area contributed by atoms with E-state index in [-0.39, 0.29) is 11.3 Å². The van der Waals surface area contributed by atoms with Crippen LogP contribution >= 0.6 is 0 Å². The zero-order chi connectivity index (χ0) is 14.5. The van der Waals surface area contributed by atoms with Crippen molar-refractivity contribution >= 4 is 17.4 Å². The van der Waals surface area contributed by atoms with Gasteiger partial charge in [0.1, 0.15) is 5.82 Å². The van der Waals surface area contributed by atoms with Crippen molar-refractivity contribution in [3.8, 4) is 0 Å². The number of pyridine rings is 1. The summed E-state index contributed by atoms with van der Waals surface area (Å²) >= 11 is 0. The molecule has 0 atom stereocenters. The summed E-state index contributed by atoms with van der Waals surface area (Å²) < 4.78 is 0. The van der Waals surface area contributed by atoms with E-state index in [1.807, 2.05) is 6.92 Å². The van der Waals surface area contributed by atoms with Crippen LogP contribution in [0, 0.1) is 5.41 Å². The Labute approximate surface area is 116 Å². The van der Waals surface area contributed by atoms with E-state index in [9.17, 15) is 4.79 Å². The summed E-state index contributed by atoms with van der Waals surface area (Å²) in [5.74, 6) is 0.807. The Morgan fingerprint density at radius 2 is 2.05 bits per heavy atom. The quantitative estimate of drug-likeness (QED) is 0.887. The highest BCUT2D eigenvalue weighted by atomic mass is 16.2. The third-order valence-corrected chi connectivity index (χ3v) is 2.98. The minimum atomic E-state index is 0.129. The second-order valence-corrected chi connectivity index (χ2v) is 6.00. The van der Waals surface area contributed by atoms with Gasteiger partial charge in [-0.25, -0.2) is 4.98 Å². The molecule has 1 amide bonds. The number of carbonyl (C=O) groups is 1. The standard InChI is InChI=1S/C15H25N3O/c1-5-18(13-9-8-12(16)11-17-13)14(19)7-6-10-15(2,3)4/h8-9,11H,5-7,10,16H2,1-4H3. The molecule has 1 aromatic rings. The monoisotopic (exact) mass is 263 g/mol. The zero-order valence-electron chi connectivity index (χ0n) is 12.4. The summed E-state index contributed by atoms with van der Waals surface area (Å²) in [5, 5.41) is 0. The number of carbonyl (C=O) groups excluding carboxylic acids is 1. The van der Waals surface area contributed by atoms with Crippen molar-refractivity contribution in [2.24, 2.45) is 5.41 Å². The zero-order valence-corrected chi connectivity index (χ0v) is 12.4. The second kappa shape index (κ2) is 6.55. The van der Waals surface area contributed by atoms with Crippen molar-refractivity contribution in [1.82, 2.24) is 4.98 Å². The van der Waals surface area contributed by atoms with E-state index in [0.29, 0.717) is 24.5 Å². The molecule has 2 N–H and O–H groups in total. The number of nitrogen functional groups attached to an aromatic ring is 1. The first-order valence-corrected chi connectivity index (χ1v) is 6.85. The SMILES string of the molecule is CCN(C(=O)CCCC(C)(C)C)c1ccc(N)cn1. The summed E-state index contributed by atoms with van der Waals surface area (Å²) in [5.41, 5.74) is 6.49. The molecule has 0 aliphatic carbocycles. The summed E-state index contributed by atoms with van der Waals surface area (Å²) in [6.07, 6.45) is 4.11. The van der Waals surface area contributed by atoms with Gasteiger partial charge in [-0.3, -0.25) is 9.69 Å². The third-order valence-electron chi connectivity index (χ3n) is 2.98. The molecular weight excluding hydrogens is 238 g/mol. The normalized spacial score (nSPS) is 11.4. The van der Waals surface area contributed by atoms with Crippen LogP contribution in [0.3, 0.4) is 0 Å². The fraction of sp³-hybridized carbons (Fsp3) is 0.600. The largest absolute Gasteiger partial charge is 0.397 e. The number of rotatable bonds is 5. The highest BCUT2D eigenvalue weighted by Gasteiger charge is 2.16. The first-order chi connectivity index (χ1) is 8.83. The Morgan fingerprint density at radius 1 is 1.37 bits per heavy atom. The average Bonchev–Trinajstić information content (AvgIpc) is 2.31. The fourth-order valence-electron chi connectivity index (χ4n) is 1.93. The van der Waals surface area contributed by atoms with Crippen LogP contribution in [0.2, 0.25) is 0 Å². The van der Waals surface area contributed by atoms with Crippen molar-refractivity contribution in [3.05, 3.63) is 18.3 Å². The van der Waals surface area contributed by atoms with Gasteiger partial charge in [0, 0.05) is 13.0 Å². The van der Waals surface area contributed by atoms with Gasteiger partial charge in [-0.2, -0.15) is 0 Å². The van der Waals surface area contributed by atoms with Gasteiger partial charge in [-0.1, -0.05) is 20.8 Å². The minimum Gasteiger partial charge on any atom is -0.397 e. The van der Waals surface area contributed by atoms with E-state index in [2.05, 4.69) is 25.8 Å².